The molecule has 0 atom stereocenters. The number of nitrogens with zero attached hydrogens (tertiary/aromatic N) is 7. The maximum absolute atomic E-state index is 14.8. The van der Waals surface area contributed by atoms with Gasteiger partial charge in [-0.25, -0.2) is 19.7 Å². The van der Waals surface area contributed by atoms with Crippen LogP contribution < -0.4 is 21.3 Å². The van der Waals surface area contributed by atoms with Crippen LogP contribution in [0.2, 0.25) is 0 Å². The summed E-state index contributed by atoms with van der Waals surface area (Å²) in [5.41, 5.74) is -0.815. The number of aliphatic hydroxyl groups is 1. The van der Waals surface area contributed by atoms with Gasteiger partial charge in [0.25, 0.3) is 0 Å². The zero-order valence-corrected chi connectivity index (χ0v) is 16.6. The van der Waals surface area contributed by atoms with E-state index >= 15 is 0 Å². The van der Waals surface area contributed by atoms with Crippen molar-refractivity contribution in [2.24, 2.45) is 7.05 Å². The molecule has 0 aliphatic carbocycles. The summed E-state index contributed by atoms with van der Waals surface area (Å²) in [5.74, 6) is -1.54. The SMILES string of the molecule is Cn1nnn(-c2cc(Nc3ncc(C#N)c(NF)n3)c(F)cc2OC(C)(C)CO)c1=O. The number of anilines is 3. The van der Waals surface area contributed by atoms with E-state index in [1.807, 2.05) is 0 Å². The summed E-state index contributed by atoms with van der Waals surface area (Å²) in [6, 6.07) is 3.87. The molecule has 3 N–H and O–H groups in total. The molecule has 0 aliphatic rings. The number of ether oxygens (including phenoxy) is 1. The number of nitriles is 1. The normalized spacial score (nSPS) is 11.1. The van der Waals surface area contributed by atoms with Gasteiger partial charge >= 0.3 is 5.69 Å². The number of hydrogen-bond acceptors (Lipinski definition) is 10. The summed E-state index contributed by atoms with van der Waals surface area (Å²) in [4.78, 5) is 19.9. The van der Waals surface area contributed by atoms with Crippen molar-refractivity contribution >= 4 is 17.5 Å². The fraction of sp³-hybridized carbons (Fsp3) is 0.294. The lowest BCUT2D eigenvalue weighted by molar-refractivity contribution is 0.0408. The van der Waals surface area contributed by atoms with E-state index in [0.29, 0.717) is 0 Å². The molecule has 0 aliphatic heterocycles. The molecule has 0 unspecified atom stereocenters. The first-order chi connectivity index (χ1) is 14.7. The summed E-state index contributed by atoms with van der Waals surface area (Å²) in [5, 5.41) is 28.3. The predicted molar refractivity (Wildman–Crippen MR) is 103 cm³/mol. The molecule has 12 nitrogen and oxygen atoms in total. The molecule has 0 saturated heterocycles. The van der Waals surface area contributed by atoms with Crippen molar-refractivity contribution in [2.75, 3.05) is 17.5 Å². The van der Waals surface area contributed by atoms with Gasteiger partial charge in [0.05, 0.1) is 18.5 Å². The van der Waals surface area contributed by atoms with Gasteiger partial charge in [0, 0.05) is 13.1 Å². The van der Waals surface area contributed by atoms with E-state index in [2.05, 4.69) is 25.7 Å². The Morgan fingerprint density at radius 1 is 1.35 bits per heavy atom. The Morgan fingerprint density at radius 3 is 2.68 bits per heavy atom. The second-order valence-corrected chi connectivity index (χ2v) is 6.90. The van der Waals surface area contributed by atoms with Gasteiger partial charge in [0.1, 0.15) is 28.7 Å². The minimum Gasteiger partial charge on any atom is -0.483 e. The van der Waals surface area contributed by atoms with Crippen LogP contribution in [0.1, 0.15) is 19.4 Å². The highest BCUT2D eigenvalue weighted by Crippen LogP contribution is 2.32. The summed E-state index contributed by atoms with van der Waals surface area (Å²) in [7, 11) is 1.38. The fourth-order valence-corrected chi connectivity index (χ4v) is 2.40. The highest BCUT2D eigenvalue weighted by Gasteiger charge is 2.24. The summed E-state index contributed by atoms with van der Waals surface area (Å²) >= 11 is 0. The zero-order valence-electron chi connectivity index (χ0n) is 16.6. The van der Waals surface area contributed by atoms with Crippen LogP contribution >= 0.6 is 0 Å². The summed E-state index contributed by atoms with van der Waals surface area (Å²) in [6.07, 6.45) is 1.05. The van der Waals surface area contributed by atoms with E-state index in [-0.39, 0.29) is 35.2 Å². The van der Waals surface area contributed by atoms with E-state index in [1.54, 1.807) is 19.9 Å². The Bertz CT molecular complexity index is 1220. The minimum absolute atomic E-state index is 0.0148. The number of rotatable bonds is 7. The van der Waals surface area contributed by atoms with E-state index in [4.69, 9.17) is 10.00 Å². The number of nitrogens with one attached hydrogen (secondary N) is 2. The molecular weight excluding hydrogens is 416 g/mol. The van der Waals surface area contributed by atoms with Crippen LogP contribution in [0.3, 0.4) is 0 Å². The predicted octanol–water partition coefficient (Wildman–Crippen LogP) is 0.956. The average molecular weight is 433 g/mol. The molecular formula is C17H17F2N9O3. The number of tetrazole rings is 1. The Labute approximate surface area is 173 Å². The van der Waals surface area contributed by atoms with Crippen molar-refractivity contribution in [3.8, 4) is 17.5 Å². The number of aliphatic hydroxyl groups excluding tert-OH is 1. The van der Waals surface area contributed by atoms with E-state index in [0.717, 1.165) is 21.6 Å². The molecule has 1 aromatic carbocycles. The molecule has 162 valence electrons. The maximum atomic E-state index is 14.8. The highest BCUT2D eigenvalue weighted by atomic mass is 19.2. The van der Waals surface area contributed by atoms with Crippen molar-refractivity contribution in [3.63, 3.8) is 0 Å². The van der Waals surface area contributed by atoms with Crippen LogP contribution in [0, 0.1) is 17.1 Å². The van der Waals surface area contributed by atoms with Crippen LogP contribution in [-0.2, 0) is 7.05 Å². The third kappa shape index (κ3) is 4.41. The number of benzene rings is 1. The smallest absolute Gasteiger partial charge is 0.368 e. The van der Waals surface area contributed by atoms with E-state index in [1.165, 1.54) is 18.7 Å². The topological polar surface area (TPSA) is 156 Å². The van der Waals surface area contributed by atoms with Gasteiger partial charge < -0.3 is 15.2 Å². The van der Waals surface area contributed by atoms with Crippen LogP contribution in [0.5, 0.6) is 5.75 Å². The average Bonchev–Trinajstić information content (AvgIpc) is 3.08. The molecule has 0 spiro atoms. The van der Waals surface area contributed by atoms with Crippen molar-refractivity contribution in [2.45, 2.75) is 19.4 Å². The van der Waals surface area contributed by atoms with Crippen LogP contribution in [0.15, 0.2) is 23.1 Å². The molecule has 0 fully saturated rings. The maximum Gasteiger partial charge on any atom is 0.368 e. The number of hydrogen-bond donors (Lipinski definition) is 3. The molecule has 0 radical (unpaired) electrons. The van der Waals surface area contributed by atoms with E-state index in [9.17, 15) is 18.8 Å². The number of halogens is 2. The number of aromatic nitrogens is 6. The van der Waals surface area contributed by atoms with Crippen LogP contribution in [0.25, 0.3) is 5.69 Å². The molecule has 0 bridgehead atoms. The summed E-state index contributed by atoms with van der Waals surface area (Å²) in [6.45, 7) is 2.74. The van der Waals surface area contributed by atoms with Gasteiger partial charge in [-0.3, -0.25) is 0 Å². The van der Waals surface area contributed by atoms with Gasteiger partial charge in [0.15, 0.2) is 11.6 Å². The lowest BCUT2D eigenvalue weighted by atomic mass is 10.1. The van der Waals surface area contributed by atoms with Crippen LogP contribution in [-0.4, -0.2) is 47.1 Å². The molecule has 3 rings (SSSR count). The molecule has 3 aromatic rings. The monoisotopic (exact) mass is 433 g/mol. The Hall–Kier alpha value is -4.12. The van der Waals surface area contributed by atoms with Crippen molar-refractivity contribution in [3.05, 3.63) is 40.2 Å². The minimum atomic E-state index is -1.10. The zero-order chi connectivity index (χ0) is 22.8. The second kappa shape index (κ2) is 8.32. The van der Waals surface area contributed by atoms with Gasteiger partial charge in [-0.05, 0) is 30.3 Å². The highest BCUT2D eigenvalue weighted by molar-refractivity contribution is 5.64. The third-order valence-corrected chi connectivity index (χ3v) is 4.01. The molecule has 0 amide bonds. The Balaban J connectivity index is 2.11. The first-order valence-corrected chi connectivity index (χ1v) is 8.72. The number of aryl methyl sites for hydroxylation is 1. The molecule has 31 heavy (non-hydrogen) atoms. The molecule has 2 heterocycles. The first kappa shape index (κ1) is 21.6. The van der Waals surface area contributed by atoms with Crippen LogP contribution in [0.4, 0.5) is 26.3 Å². The Kier molecular flexibility index (Phi) is 5.79. The van der Waals surface area contributed by atoms with E-state index < -0.39 is 22.9 Å². The van der Waals surface area contributed by atoms with Crippen molar-refractivity contribution in [1.29, 1.82) is 5.26 Å². The second-order valence-electron chi connectivity index (χ2n) is 6.90. The largest absolute Gasteiger partial charge is 0.483 e. The fourth-order valence-electron chi connectivity index (χ4n) is 2.40. The van der Waals surface area contributed by atoms with Gasteiger partial charge in [0.2, 0.25) is 5.95 Å². The summed E-state index contributed by atoms with van der Waals surface area (Å²) < 4.78 is 35.2. The molecule has 2 aromatic heterocycles. The Morgan fingerprint density at radius 2 is 2.10 bits per heavy atom. The lowest BCUT2D eigenvalue weighted by Crippen LogP contribution is -2.33. The van der Waals surface area contributed by atoms with Gasteiger partial charge in [-0.2, -0.15) is 19.6 Å². The first-order valence-electron chi connectivity index (χ1n) is 8.72. The van der Waals surface area contributed by atoms with Gasteiger partial charge in [-0.15, -0.1) is 4.48 Å². The van der Waals surface area contributed by atoms with Crippen molar-refractivity contribution < 1.29 is 18.7 Å². The standard InChI is InChI=1S/C17H17F2N9O3/c1-17(2,8-29)31-13-4-10(18)11(5-12(13)28-16(30)27(3)25-26-28)22-15-21-7-9(6-20)14(23-15)24-19/h4-5,7,29H,8H2,1-3H3,(H2,21,22,23,24). The lowest BCUT2D eigenvalue weighted by Gasteiger charge is -2.25. The quantitative estimate of drug-likeness (QED) is 0.459. The van der Waals surface area contributed by atoms with Crippen molar-refractivity contribution in [1.82, 2.24) is 29.8 Å². The van der Waals surface area contributed by atoms with Gasteiger partial charge in [-0.1, -0.05) is 0 Å². The molecule has 0 saturated carbocycles. The third-order valence-electron chi connectivity index (χ3n) is 4.01. The molecule has 14 heteroatoms.